The number of rotatable bonds is 5. The van der Waals surface area contributed by atoms with Crippen molar-refractivity contribution in [1.82, 2.24) is 15.5 Å². The standard InChI is InChI=1S/C13H23N3S/c1-2-14-10-9-12-15-16-13(17-12)11-7-5-3-4-6-8-11/h11,14H,2-10H2,1H3. The first kappa shape index (κ1) is 13.0. The topological polar surface area (TPSA) is 37.8 Å². The summed E-state index contributed by atoms with van der Waals surface area (Å²) in [5.74, 6) is 0.697. The third kappa shape index (κ3) is 4.03. The highest BCUT2D eigenvalue weighted by Gasteiger charge is 2.18. The predicted molar refractivity (Wildman–Crippen MR) is 72.6 cm³/mol. The zero-order chi connectivity index (χ0) is 11.9. The Morgan fingerprint density at radius 3 is 2.65 bits per heavy atom. The van der Waals surface area contributed by atoms with E-state index in [0.717, 1.165) is 19.5 Å². The smallest absolute Gasteiger partial charge is 0.120 e. The summed E-state index contributed by atoms with van der Waals surface area (Å²) >= 11 is 1.84. The molecule has 1 heterocycles. The zero-order valence-electron chi connectivity index (χ0n) is 10.7. The maximum absolute atomic E-state index is 4.40. The van der Waals surface area contributed by atoms with Gasteiger partial charge < -0.3 is 5.32 Å². The van der Waals surface area contributed by atoms with Crippen LogP contribution < -0.4 is 5.32 Å². The van der Waals surface area contributed by atoms with Gasteiger partial charge in [-0.15, -0.1) is 21.5 Å². The Labute approximate surface area is 108 Å². The lowest BCUT2D eigenvalue weighted by Crippen LogP contribution is -2.15. The van der Waals surface area contributed by atoms with Crippen molar-refractivity contribution < 1.29 is 0 Å². The van der Waals surface area contributed by atoms with Gasteiger partial charge in [0.2, 0.25) is 0 Å². The van der Waals surface area contributed by atoms with Crippen LogP contribution >= 0.6 is 11.3 Å². The summed E-state index contributed by atoms with van der Waals surface area (Å²) in [5, 5.41) is 14.5. The molecule has 0 aliphatic heterocycles. The van der Waals surface area contributed by atoms with Gasteiger partial charge in [0.1, 0.15) is 10.0 Å². The van der Waals surface area contributed by atoms with E-state index in [1.165, 1.54) is 48.5 Å². The number of likely N-dealkylation sites (N-methyl/N-ethyl adjacent to an activating group) is 1. The Morgan fingerprint density at radius 2 is 1.94 bits per heavy atom. The van der Waals surface area contributed by atoms with E-state index in [1.807, 2.05) is 11.3 Å². The average molecular weight is 253 g/mol. The summed E-state index contributed by atoms with van der Waals surface area (Å²) in [7, 11) is 0. The predicted octanol–water partition coefficient (Wildman–Crippen LogP) is 3.13. The molecule has 1 aromatic heterocycles. The third-order valence-electron chi connectivity index (χ3n) is 3.45. The molecule has 0 aromatic carbocycles. The first-order valence-corrected chi connectivity index (χ1v) is 7.74. The minimum absolute atomic E-state index is 0.697. The molecule has 1 saturated carbocycles. The van der Waals surface area contributed by atoms with Crippen LogP contribution in [0.5, 0.6) is 0 Å². The molecular formula is C13H23N3S. The van der Waals surface area contributed by atoms with Crippen molar-refractivity contribution in [1.29, 1.82) is 0 Å². The van der Waals surface area contributed by atoms with Gasteiger partial charge in [-0.05, 0) is 19.4 Å². The molecule has 0 spiro atoms. The van der Waals surface area contributed by atoms with Gasteiger partial charge in [0.05, 0.1) is 0 Å². The van der Waals surface area contributed by atoms with Gasteiger partial charge in [0, 0.05) is 18.9 Å². The summed E-state index contributed by atoms with van der Waals surface area (Å²) in [4.78, 5) is 0. The van der Waals surface area contributed by atoms with Crippen molar-refractivity contribution in [3.63, 3.8) is 0 Å². The molecule has 0 amide bonds. The van der Waals surface area contributed by atoms with Gasteiger partial charge in [-0.25, -0.2) is 0 Å². The monoisotopic (exact) mass is 253 g/mol. The molecular weight excluding hydrogens is 230 g/mol. The Morgan fingerprint density at radius 1 is 1.18 bits per heavy atom. The minimum atomic E-state index is 0.697. The summed E-state index contributed by atoms with van der Waals surface area (Å²) in [6, 6.07) is 0. The molecule has 0 unspecified atom stereocenters. The van der Waals surface area contributed by atoms with Gasteiger partial charge in [0.25, 0.3) is 0 Å². The lowest BCUT2D eigenvalue weighted by Gasteiger charge is -2.08. The Hall–Kier alpha value is -0.480. The van der Waals surface area contributed by atoms with Crippen LogP contribution in [0.3, 0.4) is 0 Å². The molecule has 17 heavy (non-hydrogen) atoms. The van der Waals surface area contributed by atoms with Gasteiger partial charge in [-0.1, -0.05) is 32.6 Å². The van der Waals surface area contributed by atoms with Crippen LogP contribution in [0, 0.1) is 0 Å². The Bertz CT molecular complexity index is 316. The quantitative estimate of drug-likeness (QED) is 0.647. The molecule has 1 aromatic rings. The van der Waals surface area contributed by atoms with Gasteiger partial charge in [0.15, 0.2) is 0 Å². The van der Waals surface area contributed by atoms with Crippen molar-refractivity contribution >= 4 is 11.3 Å². The van der Waals surface area contributed by atoms with Crippen LogP contribution in [-0.2, 0) is 6.42 Å². The summed E-state index contributed by atoms with van der Waals surface area (Å²) in [6.07, 6.45) is 9.22. The maximum atomic E-state index is 4.40. The number of hydrogen-bond donors (Lipinski definition) is 1. The summed E-state index contributed by atoms with van der Waals surface area (Å²) < 4.78 is 0. The number of nitrogens with zero attached hydrogens (tertiary/aromatic N) is 2. The maximum Gasteiger partial charge on any atom is 0.120 e. The molecule has 1 N–H and O–H groups in total. The Balaban J connectivity index is 1.87. The fourth-order valence-corrected chi connectivity index (χ4v) is 3.44. The van der Waals surface area contributed by atoms with E-state index in [9.17, 15) is 0 Å². The number of hydrogen-bond acceptors (Lipinski definition) is 4. The van der Waals surface area contributed by atoms with E-state index >= 15 is 0 Å². The average Bonchev–Trinajstić information content (AvgIpc) is 2.64. The van der Waals surface area contributed by atoms with Gasteiger partial charge in [-0.3, -0.25) is 0 Å². The number of aromatic nitrogens is 2. The second-order valence-corrected chi connectivity index (χ2v) is 5.92. The normalized spacial score (nSPS) is 18.2. The fourth-order valence-electron chi connectivity index (χ4n) is 2.43. The highest BCUT2D eigenvalue weighted by atomic mass is 32.1. The summed E-state index contributed by atoms with van der Waals surface area (Å²) in [5.41, 5.74) is 0. The van der Waals surface area contributed by atoms with Crippen molar-refractivity contribution in [3.8, 4) is 0 Å². The van der Waals surface area contributed by atoms with Gasteiger partial charge >= 0.3 is 0 Å². The van der Waals surface area contributed by atoms with E-state index in [2.05, 4.69) is 22.4 Å². The molecule has 1 aliphatic carbocycles. The highest BCUT2D eigenvalue weighted by Crippen LogP contribution is 2.33. The van der Waals surface area contributed by atoms with Crippen molar-refractivity contribution in [3.05, 3.63) is 10.0 Å². The van der Waals surface area contributed by atoms with E-state index in [1.54, 1.807) is 0 Å². The lowest BCUT2D eigenvalue weighted by atomic mass is 10.0. The van der Waals surface area contributed by atoms with Crippen LogP contribution in [0.2, 0.25) is 0 Å². The minimum Gasteiger partial charge on any atom is -0.317 e. The molecule has 0 saturated heterocycles. The second-order valence-electron chi connectivity index (χ2n) is 4.83. The van der Waals surface area contributed by atoms with E-state index in [0.29, 0.717) is 5.92 Å². The zero-order valence-corrected chi connectivity index (χ0v) is 11.6. The first-order chi connectivity index (χ1) is 8.40. The molecule has 3 nitrogen and oxygen atoms in total. The highest BCUT2D eigenvalue weighted by molar-refractivity contribution is 7.11. The van der Waals surface area contributed by atoms with Crippen LogP contribution in [0.25, 0.3) is 0 Å². The second kappa shape index (κ2) is 7.07. The van der Waals surface area contributed by atoms with Crippen molar-refractivity contribution in [2.45, 2.75) is 57.8 Å². The SMILES string of the molecule is CCNCCc1nnc(C2CCCCCC2)s1. The summed E-state index contributed by atoms with van der Waals surface area (Å²) in [6.45, 7) is 4.20. The largest absolute Gasteiger partial charge is 0.317 e. The first-order valence-electron chi connectivity index (χ1n) is 6.93. The van der Waals surface area contributed by atoms with Crippen molar-refractivity contribution in [2.24, 2.45) is 0 Å². The lowest BCUT2D eigenvalue weighted by molar-refractivity contribution is 0.583. The Kier molecular flexibility index (Phi) is 5.39. The van der Waals surface area contributed by atoms with E-state index in [4.69, 9.17) is 0 Å². The third-order valence-corrected chi connectivity index (χ3v) is 4.60. The molecule has 0 bridgehead atoms. The van der Waals surface area contributed by atoms with E-state index < -0.39 is 0 Å². The van der Waals surface area contributed by atoms with Crippen LogP contribution in [0.15, 0.2) is 0 Å². The molecule has 4 heteroatoms. The van der Waals surface area contributed by atoms with Crippen LogP contribution in [0.4, 0.5) is 0 Å². The fraction of sp³-hybridized carbons (Fsp3) is 0.846. The molecule has 0 radical (unpaired) electrons. The molecule has 96 valence electrons. The number of nitrogens with one attached hydrogen (secondary N) is 1. The van der Waals surface area contributed by atoms with Crippen molar-refractivity contribution in [2.75, 3.05) is 13.1 Å². The molecule has 1 fully saturated rings. The molecule has 1 aliphatic rings. The molecule has 2 rings (SSSR count). The van der Waals surface area contributed by atoms with Crippen LogP contribution in [0.1, 0.15) is 61.4 Å². The van der Waals surface area contributed by atoms with Crippen LogP contribution in [-0.4, -0.2) is 23.3 Å². The molecule has 0 atom stereocenters. The van der Waals surface area contributed by atoms with Gasteiger partial charge in [-0.2, -0.15) is 0 Å². The van der Waals surface area contributed by atoms with E-state index in [-0.39, 0.29) is 0 Å².